The molecule has 1 aliphatic rings. The highest BCUT2D eigenvalue weighted by molar-refractivity contribution is 7.10. The first kappa shape index (κ1) is 13.3. The molecule has 0 bridgehead atoms. The Bertz CT molecular complexity index is 606. The van der Waals surface area contributed by atoms with Crippen LogP contribution in [0, 0.1) is 0 Å². The van der Waals surface area contributed by atoms with Gasteiger partial charge in [0.25, 0.3) is 5.91 Å². The van der Waals surface area contributed by atoms with Crippen LogP contribution in [-0.4, -0.2) is 10.9 Å². The third kappa shape index (κ3) is 2.61. The maximum Gasteiger partial charge on any atom is 0.252 e. The average Bonchev–Trinajstić information content (AvgIpc) is 2.92. The van der Waals surface area contributed by atoms with Crippen molar-refractivity contribution in [2.45, 2.75) is 38.6 Å². The molecule has 3 nitrogen and oxygen atoms in total. The minimum Gasteiger partial charge on any atom is -0.345 e. The second kappa shape index (κ2) is 5.75. The Kier molecular flexibility index (Phi) is 3.83. The largest absolute Gasteiger partial charge is 0.345 e. The van der Waals surface area contributed by atoms with E-state index in [2.05, 4.69) is 10.3 Å². The van der Waals surface area contributed by atoms with Gasteiger partial charge in [0.05, 0.1) is 11.6 Å². The van der Waals surface area contributed by atoms with Crippen LogP contribution in [-0.2, 0) is 12.8 Å². The van der Waals surface area contributed by atoms with Crippen LogP contribution in [0.15, 0.2) is 29.9 Å². The SMILES string of the molecule is CC(NC(=O)c1csc2c1CCCC2)c1cccnc1. The zero-order valence-corrected chi connectivity index (χ0v) is 12.4. The molecule has 0 saturated heterocycles. The molecule has 2 aromatic heterocycles. The smallest absolute Gasteiger partial charge is 0.252 e. The number of hydrogen-bond acceptors (Lipinski definition) is 3. The molecule has 1 N–H and O–H groups in total. The fraction of sp³-hybridized carbons (Fsp3) is 0.375. The summed E-state index contributed by atoms with van der Waals surface area (Å²) in [6.45, 7) is 1.99. The number of hydrogen-bond donors (Lipinski definition) is 1. The summed E-state index contributed by atoms with van der Waals surface area (Å²) in [6.07, 6.45) is 8.17. The molecule has 0 aliphatic heterocycles. The number of carbonyl (C=O) groups excluding carboxylic acids is 1. The van der Waals surface area contributed by atoms with Crippen LogP contribution in [0.25, 0.3) is 0 Å². The van der Waals surface area contributed by atoms with E-state index in [9.17, 15) is 4.79 Å². The van der Waals surface area contributed by atoms with Crippen molar-refractivity contribution < 1.29 is 4.79 Å². The third-order valence-electron chi connectivity index (χ3n) is 3.84. The van der Waals surface area contributed by atoms with E-state index in [1.165, 1.54) is 23.3 Å². The summed E-state index contributed by atoms with van der Waals surface area (Å²) in [7, 11) is 0. The fourth-order valence-corrected chi connectivity index (χ4v) is 3.80. The highest BCUT2D eigenvalue weighted by Gasteiger charge is 2.21. The molecule has 2 aromatic rings. The lowest BCUT2D eigenvalue weighted by molar-refractivity contribution is 0.0939. The summed E-state index contributed by atoms with van der Waals surface area (Å²) < 4.78 is 0. The number of rotatable bonds is 3. The Morgan fingerprint density at radius 2 is 2.25 bits per heavy atom. The van der Waals surface area contributed by atoms with Gasteiger partial charge in [0, 0.05) is 22.7 Å². The van der Waals surface area contributed by atoms with Crippen molar-refractivity contribution in [1.82, 2.24) is 10.3 Å². The van der Waals surface area contributed by atoms with Crippen molar-refractivity contribution >= 4 is 17.2 Å². The normalized spacial score (nSPS) is 15.4. The average molecular weight is 286 g/mol. The molecule has 4 heteroatoms. The predicted molar refractivity (Wildman–Crippen MR) is 81.1 cm³/mol. The zero-order chi connectivity index (χ0) is 13.9. The molecule has 104 valence electrons. The van der Waals surface area contributed by atoms with Crippen molar-refractivity contribution in [3.8, 4) is 0 Å². The first-order valence-corrected chi connectivity index (χ1v) is 7.93. The van der Waals surface area contributed by atoms with Crippen molar-refractivity contribution in [3.05, 3.63) is 51.5 Å². The summed E-state index contributed by atoms with van der Waals surface area (Å²) in [4.78, 5) is 17.9. The molecule has 2 heterocycles. The molecule has 0 spiro atoms. The zero-order valence-electron chi connectivity index (χ0n) is 11.6. The van der Waals surface area contributed by atoms with E-state index in [0.717, 1.165) is 24.0 Å². The molecule has 0 fully saturated rings. The van der Waals surface area contributed by atoms with Crippen molar-refractivity contribution in [2.75, 3.05) is 0 Å². The number of pyridine rings is 1. The van der Waals surface area contributed by atoms with Gasteiger partial charge >= 0.3 is 0 Å². The minimum absolute atomic E-state index is 0.0182. The standard InChI is InChI=1S/C16H18N2OS/c1-11(12-5-4-8-17-9-12)18-16(19)14-10-20-15-7-3-2-6-13(14)15/h4-5,8-11H,2-3,6-7H2,1H3,(H,18,19). The van der Waals surface area contributed by atoms with Gasteiger partial charge in [0.2, 0.25) is 0 Å². The van der Waals surface area contributed by atoms with Crippen LogP contribution in [0.2, 0.25) is 0 Å². The molecule has 0 radical (unpaired) electrons. The summed E-state index contributed by atoms with van der Waals surface area (Å²) in [5.74, 6) is 0.0424. The molecule has 1 aliphatic carbocycles. The van der Waals surface area contributed by atoms with E-state index in [1.54, 1.807) is 23.7 Å². The van der Waals surface area contributed by atoms with E-state index in [4.69, 9.17) is 0 Å². The quantitative estimate of drug-likeness (QED) is 0.938. The second-order valence-corrected chi connectivity index (χ2v) is 6.20. The van der Waals surface area contributed by atoms with Crippen LogP contribution in [0.3, 0.4) is 0 Å². The number of amides is 1. The van der Waals surface area contributed by atoms with E-state index < -0.39 is 0 Å². The monoisotopic (exact) mass is 286 g/mol. The molecule has 1 amide bonds. The lowest BCUT2D eigenvalue weighted by Crippen LogP contribution is -2.27. The Hall–Kier alpha value is -1.68. The first-order valence-electron chi connectivity index (χ1n) is 7.05. The number of aryl methyl sites for hydroxylation is 1. The molecular weight excluding hydrogens is 268 g/mol. The van der Waals surface area contributed by atoms with Crippen LogP contribution >= 0.6 is 11.3 Å². The van der Waals surface area contributed by atoms with Gasteiger partial charge in [-0.15, -0.1) is 11.3 Å². The van der Waals surface area contributed by atoms with Crippen LogP contribution in [0.5, 0.6) is 0 Å². The van der Waals surface area contributed by atoms with E-state index in [-0.39, 0.29) is 11.9 Å². The maximum absolute atomic E-state index is 12.4. The van der Waals surface area contributed by atoms with Gasteiger partial charge in [-0.2, -0.15) is 0 Å². The third-order valence-corrected chi connectivity index (χ3v) is 4.93. The number of aromatic nitrogens is 1. The molecular formula is C16H18N2OS. The fourth-order valence-electron chi connectivity index (χ4n) is 2.67. The number of carbonyl (C=O) groups is 1. The summed E-state index contributed by atoms with van der Waals surface area (Å²) in [5.41, 5.74) is 3.18. The van der Waals surface area contributed by atoms with E-state index in [0.29, 0.717) is 0 Å². The van der Waals surface area contributed by atoms with Crippen molar-refractivity contribution in [2.24, 2.45) is 0 Å². The van der Waals surface area contributed by atoms with Gasteiger partial charge in [-0.1, -0.05) is 6.07 Å². The summed E-state index contributed by atoms with van der Waals surface area (Å²) in [6, 6.07) is 3.86. The number of thiophene rings is 1. The van der Waals surface area contributed by atoms with Gasteiger partial charge in [0.15, 0.2) is 0 Å². The van der Waals surface area contributed by atoms with E-state index >= 15 is 0 Å². The molecule has 20 heavy (non-hydrogen) atoms. The summed E-state index contributed by atoms with van der Waals surface area (Å²) in [5, 5.41) is 5.09. The number of nitrogens with zero attached hydrogens (tertiary/aromatic N) is 1. The van der Waals surface area contributed by atoms with Crippen molar-refractivity contribution in [3.63, 3.8) is 0 Å². The lowest BCUT2D eigenvalue weighted by Gasteiger charge is -2.16. The summed E-state index contributed by atoms with van der Waals surface area (Å²) >= 11 is 1.73. The first-order chi connectivity index (χ1) is 9.75. The van der Waals surface area contributed by atoms with E-state index in [1.807, 2.05) is 24.4 Å². The predicted octanol–water partition coefficient (Wildman–Crippen LogP) is 3.51. The molecule has 0 aromatic carbocycles. The van der Waals surface area contributed by atoms with Gasteiger partial charge in [-0.3, -0.25) is 9.78 Å². The highest BCUT2D eigenvalue weighted by Crippen LogP contribution is 2.30. The number of nitrogens with one attached hydrogen (secondary N) is 1. The second-order valence-electron chi connectivity index (χ2n) is 5.24. The molecule has 1 unspecified atom stereocenters. The molecule has 0 saturated carbocycles. The number of fused-ring (bicyclic) bond motifs is 1. The highest BCUT2D eigenvalue weighted by atomic mass is 32.1. The van der Waals surface area contributed by atoms with Gasteiger partial charge in [-0.05, 0) is 49.8 Å². The Morgan fingerprint density at radius 3 is 3.05 bits per heavy atom. The van der Waals surface area contributed by atoms with Crippen molar-refractivity contribution in [1.29, 1.82) is 0 Å². The van der Waals surface area contributed by atoms with Gasteiger partial charge in [-0.25, -0.2) is 0 Å². The molecule has 1 atom stereocenters. The minimum atomic E-state index is -0.0182. The van der Waals surface area contributed by atoms with Crippen LogP contribution in [0.1, 0.15) is 52.2 Å². The Balaban J connectivity index is 1.75. The Labute approximate surface area is 123 Å². The topological polar surface area (TPSA) is 42.0 Å². The maximum atomic E-state index is 12.4. The van der Waals surface area contributed by atoms with Gasteiger partial charge < -0.3 is 5.32 Å². The van der Waals surface area contributed by atoms with Gasteiger partial charge in [0.1, 0.15) is 0 Å². The Morgan fingerprint density at radius 1 is 1.40 bits per heavy atom. The molecule has 3 rings (SSSR count). The van der Waals surface area contributed by atoms with Crippen LogP contribution < -0.4 is 5.32 Å². The lowest BCUT2D eigenvalue weighted by atomic mass is 9.95. The van der Waals surface area contributed by atoms with Crippen LogP contribution in [0.4, 0.5) is 0 Å².